The van der Waals surface area contributed by atoms with Crippen molar-refractivity contribution in [3.05, 3.63) is 35.8 Å². The van der Waals surface area contributed by atoms with E-state index in [0.717, 1.165) is 6.07 Å². The summed E-state index contributed by atoms with van der Waals surface area (Å²) < 4.78 is 31.1. The van der Waals surface area contributed by atoms with Gasteiger partial charge in [0.2, 0.25) is 15.8 Å². The summed E-state index contributed by atoms with van der Waals surface area (Å²) in [4.78, 5) is 17.1. The molecular formula is C10H11N3O5S. The van der Waals surface area contributed by atoms with Crippen molar-refractivity contribution < 1.29 is 22.7 Å². The number of nitrogens with zero attached hydrogens (tertiary/aromatic N) is 1. The molecule has 0 amide bonds. The Morgan fingerprint density at radius 3 is 2.84 bits per heavy atom. The summed E-state index contributed by atoms with van der Waals surface area (Å²) in [5.74, 6) is -1.28. The molecule has 0 atom stereocenters. The van der Waals surface area contributed by atoms with Gasteiger partial charge in [0.05, 0.1) is 6.54 Å². The van der Waals surface area contributed by atoms with E-state index in [1.807, 2.05) is 0 Å². The monoisotopic (exact) mass is 285 g/mol. The number of aromatic carboxylic acids is 1. The van der Waals surface area contributed by atoms with Gasteiger partial charge in [-0.1, -0.05) is 0 Å². The first-order chi connectivity index (χ1) is 8.90. The Hall–Kier alpha value is -2.13. The number of hydrogen-bond acceptors (Lipinski definition) is 5. The topological polar surface area (TPSA) is 125 Å². The second kappa shape index (κ2) is 4.86. The van der Waals surface area contributed by atoms with Crippen molar-refractivity contribution in [3.8, 4) is 0 Å². The molecule has 0 radical (unpaired) electrons. The highest BCUT2D eigenvalue weighted by Gasteiger charge is 2.23. The third-order valence-corrected chi connectivity index (χ3v) is 3.87. The standard InChI is InChI=1S/C10H11N3O5S/c1-6-8(4-7(18-6)10(14)15)19(16,17)13-5-9-11-2-3-12-9/h2-4,13H,5H2,1H3,(H,11,12)(H,14,15). The predicted molar refractivity (Wildman–Crippen MR) is 63.0 cm³/mol. The van der Waals surface area contributed by atoms with Gasteiger partial charge in [-0.2, -0.15) is 0 Å². The van der Waals surface area contributed by atoms with Crippen LogP contribution in [-0.4, -0.2) is 29.5 Å². The zero-order valence-corrected chi connectivity index (χ0v) is 10.7. The Kier molecular flexibility index (Phi) is 3.40. The number of sulfonamides is 1. The van der Waals surface area contributed by atoms with Crippen molar-refractivity contribution in [2.24, 2.45) is 0 Å². The smallest absolute Gasteiger partial charge is 0.371 e. The van der Waals surface area contributed by atoms with E-state index in [2.05, 4.69) is 14.7 Å². The molecule has 2 rings (SSSR count). The molecule has 0 aliphatic carbocycles. The molecule has 0 aliphatic rings. The number of carboxylic acids is 1. The molecule has 0 aliphatic heterocycles. The van der Waals surface area contributed by atoms with Crippen molar-refractivity contribution in [2.45, 2.75) is 18.4 Å². The van der Waals surface area contributed by atoms with E-state index < -0.39 is 21.8 Å². The van der Waals surface area contributed by atoms with E-state index in [-0.39, 0.29) is 17.2 Å². The van der Waals surface area contributed by atoms with Gasteiger partial charge in [-0.25, -0.2) is 22.9 Å². The van der Waals surface area contributed by atoms with Gasteiger partial charge in [0.25, 0.3) is 0 Å². The van der Waals surface area contributed by atoms with Crippen molar-refractivity contribution in [3.63, 3.8) is 0 Å². The number of carboxylic acid groups (broad SMARTS) is 1. The minimum Gasteiger partial charge on any atom is -0.475 e. The second-order valence-corrected chi connectivity index (χ2v) is 5.43. The molecule has 3 N–H and O–H groups in total. The highest BCUT2D eigenvalue weighted by Crippen LogP contribution is 2.19. The first kappa shape index (κ1) is 13.3. The lowest BCUT2D eigenvalue weighted by Gasteiger charge is -2.03. The number of aryl methyl sites for hydroxylation is 1. The molecule has 0 fully saturated rings. The number of aromatic amines is 1. The molecule has 0 bridgehead atoms. The Labute approximate surface area is 108 Å². The maximum absolute atomic E-state index is 12.0. The Morgan fingerprint density at radius 2 is 2.32 bits per heavy atom. The largest absolute Gasteiger partial charge is 0.475 e. The van der Waals surface area contributed by atoms with Crippen LogP contribution in [0.25, 0.3) is 0 Å². The fourth-order valence-corrected chi connectivity index (χ4v) is 2.64. The highest BCUT2D eigenvalue weighted by molar-refractivity contribution is 7.89. The first-order valence-electron chi connectivity index (χ1n) is 5.22. The first-order valence-corrected chi connectivity index (χ1v) is 6.70. The summed E-state index contributed by atoms with van der Waals surface area (Å²) in [5, 5.41) is 8.74. The summed E-state index contributed by atoms with van der Waals surface area (Å²) >= 11 is 0. The van der Waals surface area contributed by atoms with E-state index >= 15 is 0 Å². The number of hydrogen-bond donors (Lipinski definition) is 3. The van der Waals surface area contributed by atoms with Gasteiger partial charge in [0.1, 0.15) is 16.5 Å². The molecule has 0 spiro atoms. The van der Waals surface area contributed by atoms with E-state index in [1.54, 1.807) is 6.20 Å². The maximum atomic E-state index is 12.0. The van der Waals surface area contributed by atoms with Gasteiger partial charge in [0, 0.05) is 18.5 Å². The van der Waals surface area contributed by atoms with E-state index in [0.29, 0.717) is 5.82 Å². The SMILES string of the molecule is Cc1oc(C(=O)O)cc1S(=O)(=O)NCc1ncc[nH]1. The van der Waals surface area contributed by atoms with Crippen LogP contribution in [0.4, 0.5) is 0 Å². The number of carbonyl (C=O) groups is 1. The predicted octanol–water partition coefficient (Wildman–Crippen LogP) is 0.488. The minimum atomic E-state index is -3.85. The van der Waals surface area contributed by atoms with Gasteiger partial charge < -0.3 is 14.5 Å². The normalized spacial score (nSPS) is 11.6. The average Bonchev–Trinajstić information content (AvgIpc) is 2.95. The van der Waals surface area contributed by atoms with Crippen LogP contribution in [0.1, 0.15) is 22.1 Å². The minimum absolute atomic E-state index is 0.0179. The Balaban J connectivity index is 2.22. The van der Waals surface area contributed by atoms with Gasteiger partial charge in [-0.3, -0.25) is 0 Å². The fraction of sp³-hybridized carbons (Fsp3) is 0.200. The van der Waals surface area contributed by atoms with Crippen LogP contribution in [0, 0.1) is 6.92 Å². The molecule has 0 aromatic carbocycles. The Morgan fingerprint density at radius 1 is 1.58 bits per heavy atom. The second-order valence-electron chi connectivity index (χ2n) is 3.70. The summed E-state index contributed by atoms with van der Waals surface area (Å²) in [6.07, 6.45) is 3.06. The van der Waals surface area contributed by atoms with Crippen LogP contribution >= 0.6 is 0 Å². The maximum Gasteiger partial charge on any atom is 0.371 e. The summed E-state index contributed by atoms with van der Waals surface area (Å²) in [6.45, 7) is 1.36. The van der Waals surface area contributed by atoms with Crippen LogP contribution in [-0.2, 0) is 16.6 Å². The average molecular weight is 285 g/mol. The van der Waals surface area contributed by atoms with Crippen LogP contribution < -0.4 is 4.72 Å². The van der Waals surface area contributed by atoms with Crippen molar-refractivity contribution in [1.29, 1.82) is 0 Å². The molecular weight excluding hydrogens is 274 g/mol. The number of furan rings is 1. The molecule has 0 saturated carbocycles. The van der Waals surface area contributed by atoms with Gasteiger partial charge in [-0.05, 0) is 6.92 Å². The lowest BCUT2D eigenvalue weighted by atomic mass is 10.4. The zero-order chi connectivity index (χ0) is 14.0. The van der Waals surface area contributed by atoms with Gasteiger partial charge >= 0.3 is 5.97 Å². The quantitative estimate of drug-likeness (QED) is 0.734. The summed E-state index contributed by atoms with van der Waals surface area (Å²) in [7, 11) is -3.85. The molecule has 2 heterocycles. The zero-order valence-electron chi connectivity index (χ0n) is 9.87. The van der Waals surface area contributed by atoms with Crippen LogP contribution in [0.15, 0.2) is 27.8 Å². The van der Waals surface area contributed by atoms with Crippen LogP contribution in [0.5, 0.6) is 0 Å². The third kappa shape index (κ3) is 2.83. The summed E-state index contributed by atoms with van der Waals surface area (Å²) in [5.41, 5.74) is 0. The summed E-state index contributed by atoms with van der Waals surface area (Å²) in [6, 6.07) is 0.974. The van der Waals surface area contributed by atoms with Crippen LogP contribution in [0.2, 0.25) is 0 Å². The van der Waals surface area contributed by atoms with Crippen molar-refractivity contribution in [2.75, 3.05) is 0 Å². The number of imidazole rings is 1. The lowest BCUT2D eigenvalue weighted by Crippen LogP contribution is -2.24. The molecule has 19 heavy (non-hydrogen) atoms. The molecule has 2 aromatic heterocycles. The van der Waals surface area contributed by atoms with Crippen molar-refractivity contribution in [1.82, 2.24) is 14.7 Å². The van der Waals surface area contributed by atoms with E-state index in [9.17, 15) is 13.2 Å². The van der Waals surface area contributed by atoms with Crippen LogP contribution in [0.3, 0.4) is 0 Å². The number of nitrogens with one attached hydrogen (secondary N) is 2. The van der Waals surface area contributed by atoms with Crippen molar-refractivity contribution >= 4 is 16.0 Å². The fourth-order valence-electron chi connectivity index (χ4n) is 1.47. The molecule has 0 unspecified atom stereocenters. The Bertz CT molecular complexity index is 687. The highest BCUT2D eigenvalue weighted by atomic mass is 32.2. The lowest BCUT2D eigenvalue weighted by molar-refractivity contribution is 0.0661. The molecule has 9 heteroatoms. The number of rotatable bonds is 5. The van der Waals surface area contributed by atoms with E-state index in [4.69, 9.17) is 9.52 Å². The molecule has 2 aromatic rings. The number of aromatic nitrogens is 2. The van der Waals surface area contributed by atoms with E-state index in [1.165, 1.54) is 13.1 Å². The number of H-pyrrole nitrogens is 1. The van der Waals surface area contributed by atoms with Gasteiger partial charge in [0.15, 0.2) is 0 Å². The third-order valence-electron chi connectivity index (χ3n) is 2.36. The van der Waals surface area contributed by atoms with Gasteiger partial charge in [-0.15, -0.1) is 0 Å². The molecule has 102 valence electrons. The molecule has 8 nitrogen and oxygen atoms in total. The molecule has 0 saturated heterocycles.